The standard InChI is InChI=1S/C23H23N3O4S2/c27-22-19-10-4-5-11-21(19)32(28,29)26(22)12-14-31-23-24-15-20(17-7-2-1-3-8-17)25(23)16-18-9-6-13-30-18/h1-5,7-8,10-11,15,18H,6,9,12-14,16H2. The van der Waals surface area contributed by atoms with Gasteiger partial charge in [-0.1, -0.05) is 54.2 Å². The van der Waals surface area contributed by atoms with Gasteiger partial charge in [0, 0.05) is 18.9 Å². The molecule has 5 rings (SSSR count). The van der Waals surface area contributed by atoms with Crippen LogP contribution in [-0.4, -0.2) is 53.2 Å². The van der Waals surface area contributed by atoms with Crippen LogP contribution in [0.4, 0.5) is 0 Å². The Morgan fingerprint density at radius 3 is 2.62 bits per heavy atom. The molecule has 2 aromatic carbocycles. The van der Waals surface area contributed by atoms with Crippen LogP contribution in [0.2, 0.25) is 0 Å². The highest BCUT2D eigenvalue weighted by molar-refractivity contribution is 7.99. The number of imidazole rings is 1. The largest absolute Gasteiger partial charge is 0.376 e. The zero-order valence-electron chi connectivity index (χ0n) is 17.4. The molecular weight excluding hydrogens is 446 g/mol. The maximum atomic E-state index is 12.8. The summed E-state index contributed by atoms with van der Waals surface area (Å²) < 4.78 is 34.5. The third kappa shape index (κ3) is 3.85. The van der Waals surface area contributed by atoms with Crippen molar-refractivity contribution in [2.45, 2.75) is 35.5 Å². The number of benzene rings is 2. The molecule has 1 atom stereocenters. The maximum Gasteiger partial charge on any atom is 0.269 e. The fraction of sp³-hybridized carbons (Fsp3) is 0.304. The van der Waals surface area contributed by atoms with Crippen molar-refractivity contribution in [1.82, 2.24) is 13.9 Å². The molecule has 0 saturated carbocycles. The molecule has 166 valence electrons. The molecule has 7 nitrogen and oxygen atoms in total. The maximum absolute atomic E-state index is 12.8. The van der Waals surface area contributed by atoms with Crippen molar-refractivity contribution in [3.05, 3.63) is 66.4 Å². The second-order valence-electron chi connectivity index (χ2n) is 7.76. The van der Waals surface area contributed by atoms with E-state index < -0.39 is 15.9 Å². The van der Waals surface area contributed by atoms with Gasteiger partial charge in [-0.3, -0.25) is 4.79 Å². The van der Waals surface area contributed by atoms with Crippen LogP contribution in [0.5, 0.6) is 0 Å². The topological polar surface area (TPSA) is 81.5 Å². The molecule has 1 unspecified atom stereocenters. The summed E-state index contributed by atoms with van der Waals surface area (Å²) >= 11 is 1.45. The molecule has 1 saturated heterocycles. The smallest absolute Gasteiger partial charge is 0.269 e. The lowest BCUT2D eigenvalue weighted by Gasteiger charge is -2.17. The van der Waals surface area contributed by atoms with E-state index in [9.17, 15) is 13.2 Å². The van der Waals surface area contributed by atoms with Gasteiger partial charge in [0.25, 0.3) is 15.9 Å². The van der Waals surface area contributed by atoms with Crippen molar-refractivity contribution in [2.75, 3.05) is 18.9 Å². The van der Waals surface area contributed by atoms with Crippen LogP contribution in [0.25, 0.3) is 11.3 Å². The summed E-state index contributed by atoms with van der Waals surface area (Å²) in [6, 6.07) is 16.4. The average molecular weight is 470 g/mol. The van der Waals surface area contributed by atoms with Crippen molar-refractivity contribution in [3.8, 4) is 11.3 Å². The Hall–Kier alpha value is -2.62. The Balaban J connectivity index is 1.35. The highest BCUT2D eigenvalue weighted by Crippen LogP contribution is 2.32. The van der Waals surface area contributed by atoms with E-state index in [1.54, 1.807) is 18.2 Å². The summed E-state index contributed by atoms with van der Waals surface area (Å²) in [5.74, 6) is -0.0516. The minimum atomic E-state index is -3.79. The minimum Gasteiger partial charge on any atom is -0.376 e. The zero-order chi connectivity index (χ0) is 22.1. The molecule has 0 N–H and O–H groups in total. The number of aromatic nitrogens is 2. The van der Waals surface area contributed by atoms with E-state index in [0.717, 1.165) is 40.2 Å². The summed E-state index contributed by atoms with van der Waals surface area (Å²) in [5, 5.41) is 0.793. The molecule has 2 aliphatic heterocycles. The van der Waals surface area contributed by atoms with Gasteiger partial charge < -0.3 is 9.30 Å². The summed E-state index contributed by atoms with van der Waals surface area (Å²) in [6.07, 6.45) is 4.05. The molecule has 32 heavy (non-hydrogen) atoms. The summed E-state index contributed by atoms with van der Waals surface area (Å²) in [4.78, 5) is 17.3. The number of nitrogens with zero attached hydrogens (tertiary/aromatic N) is 3. The third-order valence-corrected chi connectivity index (χ3v) is 8.55. The lowest BCUT2D eigenvalue weighted by molar-refractivity contribution is 0.0876. The van der Waals surface area contributed by atoms with Crippen LogP contribution in [0.1, 0.15) is 23.2 Å². The SMILES string of the molecule is O=C1c2ccccc2S(=O)(=O)N1CCSc1ncc(-c2ccccc2)n1CC1CCCO1. The number of hydrogen-bond donors (Lipinski definition) is 0. The highest BCUT2D eigenvalue weighted by atomic mass is 32.2. The van der Waals surface area contributed by atoms with Gasteiger partial charge in [0.1, 0.15) is 4.90 Å². The molecule has 0 aliphatic carbocycles. The lowest BCUT2D eigenvalue weighted by atomic mass is 10.1. The van der Waals surface area contributed by atoms with Crippen molar-refractivity contribution in [1.29, 1.82) is 0 Å². The van der Waals surface area contributed by atoms with Crippen molar-refractivity contribution in [3.63, 3.8) is 0 Å². The van der Waals surface area contributed by atoms with E-state index in [0.29, 0.717) is 12.3 Å². The van der Waals surface area contributed by atoms with Crippen LogP contribution in [0.3, 0.4) is 0 Å². The van der Waals surface area contributed by atoms with E-state index >= 15 is 0 Å². The molecule has 1 aromatic heterocycles. The quantitative estimate of drug-likeness (QED) is 0.491. The van der Waals surface area contributed by atoms with Crippen LogP contribution >= 0.6 is 11.8 Å². The van der Waals surface area contributed by atoms with Crippen molar-refractivity contribution < 1.29 is 17.9 Å². The van der Waals surface area contributed by atoms with Gasteiger partial charge in [-0.15, -0.1) is 0 Å². The average Bonchev–Trinajstić information content (AvgIpc) is 3.51. The summed E-state index contributed by atoms with van der Waals surface area (Å²) in [5.41, 5.74) is 2.31. The molecular formula is C23H23N3O4S2. The first-order valence-electron chi connectivity index (χ1n) is 10.6. The molecule has 1 amide bonds. The van der Waals surface area contributed by atoms with Crippen LogP contribution in [0, 0.1) is 0 Å². The Morgan fingerprint density at radius 2 is 1.88 bits per heavy atom. The second-order valence-corrected chi connectivity index (χ2v) is 10.7. The van der Waals surface area contributed by atoms with Gasteiger partial charge in [-0.2, -0.15) is 0 Å². The van der Waals surface area contributed by atoms with E-state index in [1.807, 2.05) is 36.5 Å². The molecule has 0 bridgehead atoms. The number of thioether (sulfide) groups is 1. The van der Waals surface area contributed by atoms with Gasteiger partial charge in [-0.25, -0.2) is 17.7 Å². The minimum absolute atomic E-state index is 0.0845. The van der Waals surface area contributed by atoms with Crippen molar-refractivity contribution >= 4 is 27.7 Å². The highest BCUT2D eigenvalue weighted by Gasteiger charge is 2.40. The van der Waals surface area contributed by atoms with Gasteiger partial charge in [-0.05, 0) is 30.5 Å². The van der Waals surface area contributed by atoms with Crippen LogP contribution in [-0.2, 0) is 21.3 Å². The number of fused-ring (bicyclic) bond motifs is 1. The zero-order valence-corrected chi connectivity index (χ0v) is 19.0. The van der Waals surface area contributed by atoms with E-state index in [2.05, 4.69) is 9.55 Å². The van der Waals surface area contributed by atoms with Gasteiger partial charge in [0.15, 0.2) is 5.16 Å². The van der Waals surface area contributed by atoms with Crippen molar-refractivity contribution in [2.24, 2.45) is 0 Å². The number of hydrogen-bond acceptors (Lipinski definition) is 6. The van der Waals surface area contributed by atoms with Gasteiger partial charge >= 0.3 is 0 Å². The van der Waals surface area contributed by atoms with E-state index in [-0.39, 0.29) is 23.1 Å². The fourth-order valence-electron chi connectivity index (χ4n) is 4.15. The van der Waals surface area contributed by atoms with Crippen LogP contribution in [0.15, 0.2) is 70.8 Å². The number of carbonyl (C=O) groups excluding carboxylic acids is 1. The summed E-state index contributed by atoms with van der Waals surface area (Å²) in [7, 11) is -3.79. The molecule has 0 radical (unpaired) electrons. The number of amides is 1. The number of carbonyl (C=O) groups is 1. The van der Waals surface area contributed by atoms with E-state index in [1.165, 1.54) is 17.8 Å². The normalized spacial score (nSPS) is 19.4. The lowest BCUT2D eigenvalue weighted by Crippen LogP contribution is -2.32. The molecule has 1 fully saturated rings. The first kappa shape index (κ1) is 21.2. The Kier molecular flexibility index (Phi) is 5.79. The van der Waals surface area contributed by atoms with Gasteiger partial charge in [0.05, 0.1) is 30.1 Å². The summed E-state index contributed by atoms with van der Waals surface area (Å²) in [6.45, 7) is 1.56. The number of rotatable bonds is 7. The first-order chi connectivity index (χ1) is 15.6. The molecule has 0 spiro atoms. The van der Waals surface area contributed by atoms with Gasteiger partial charge in [0.2, 0.25) is 0 Å². The second kappa shape index (κ2) is 8.73. The van der Waals surface area contributed by atoms with E-state index in [4.69, 9.17) is 4.74 Å². The molecule has 2 aliphatic rings. The Morgan fingerprint density at radius 1 is 1.09 bits per heavy atom. The number of ether oxygens (including phenoxy) is 1. The fourth-order valence-corrected chi connectivity index (χ4v) is 6.75. The third-order valence-electron chi connectivity index (χ3n) is 5.74. The molecule has 3 heterocycles. The predicted molar refractivity (Wildman–Crippen MR) is 122 cm³/mol. The first-order valence-corrected chi connectivity index (χ1v) is 13.0. The Labute approximate surface area is 191 Å². The number of sulfonamides is 1. The van der Waals surface area contributed by atoms with Crippen LogP contribution < -0.4 is 0 Å². The Bertz CT molecular complexity index is 1240. The molecule has 3 aromatic rings. The monoisotopic (exact) mass is 469 g/mol. The molecule has 9 heteroatoms. The predicted octanol–water partition coefficient (Wildman–Crippen LogP) is 3.67.